The van der Waals surface area contributed by atoms with E-state index < -0.39 is 0 Å². The molecule has 0 bridgehead atoms. The van der Waals surface area contributed by atoms with Gasteiger partial charge in [0.15, 0.2) is 5.82 Å². The van der Waals surface area contributed by atoms with Crippen molar-refractivity contribution in [3.63, 3.8) is 0 Å². The highest BCUT2D eigenvalue weighted by Crippen LogP contribution is 2.29. The molecule has 0 unspecified atom stereocenters. The van der Waals surface area contributed by atoms with Crippen LogP contribution in [0.25, 0.3) is 10.2 Å². The number of fused-ring (bicyclic) bond motifs is 1. The lowest BCUT2D eigenvalue weighted by Crippen LogP contribution is -2.07. The van der Waals surface area contributed by atoms with E-state index in [1.165, 1.54) is 0 Å². The topological polar surface area (TPSA) is 81.7 Å². The number of thiazole rings is 1. The average molecular weight is 274 g/mol. The molecule has 3 aromatic rings. The van der Waals surface area contributed by atoms with Crippen molar-refractivity contribution in [3.05, 3.63) is 29.3 Å². The van der Waals surface area contributed by atoms with E-state index in [2.05, 4.69) is 20.5 Å². The van der Waals surface area contributed by atoms with Crippen molar-refractivity contribution in [3.8, 4) is 0 Å². The zero-order valence-corrected chi connectivity index (χ0v) is 11.5. The molecule has 0 aliphatic rings. The number of aryl methyl sites for hydroxylation is 2. The summed E-state index contributed by atoms with van der Waals surface area (Å²) in [5, 5.41) is 12.2. The summed E-state index contributed by atoms with van der Waals surface area (Å²) in [7, 11) is 1.91. The van der Waals surface area contributed by atoms with Gasteiger partial charge < -0.3 is 15.6 Å². The standard InChI is InChI=1S/C12H14N6S/c1-7-16-10-4-9(8(13)3-11(10)19-7)14-5-12-17-15-6-18(12)2/h3-4,6,14H,5,13H2,1-2H3. The summed E-state index contributed by atoms with van der Waals surface area (Å²) in [5.74, 6) is 0.856. The largest absolute Gasteiger partial charge is 0.397 e. The number of aromatic nitrogens is 4. The Morgan fingerprint density at radius 1 is 1.42 bits per heavy atom. The van der Waals surface area contributed by atoms with Crippen molar-refractivity contribution in [2.75, 3.05) is 11.1 Å². The van der Waals surface area contributed by atoms with Crippen molar-refractivity contribution in [1.82, 2.24) is 19.7 Å². The summed E-state index contributed by atoms with van der Waals surface area (Å²) in [5.41, 5.74) is 8.61. The molecule has 0 atom stereocenters. The lowest BCUT2D eigenvalue weighted by Gasteiger charge is -2.08. The van der Waals surface area contributed by atoms with E-state index in [4.69, 9.17) is 5.73 Å². The molecule has 2 aromatic heterocycles. The summed E-state index contributed by atoms with van der Waals surface area (Å²) >= 11 is 1.65. The first kappa shape index (κ1) is 11.9. The van der Waals surface area contributed by atoms with E-state index >= 15 is 0 Å². The maximum atomic E-state index is 6.05. The molecule has 3 rings (SSSR count). The van der Waals surface area contributed by atoms with Gasteiger partial charge in [0.25, 0.3) is 0 Å². The fourth-order valence-electron chi connectivity index (χ4n) is 1.90. The molecule has 2 heterocycles. The lowest BCUT2D eigenvalue weighted by atomic mass is 10.2. The van der Waals surface area contributed by atoms with E-state index in [0.29, 0.717) is 6.54 Å². The maximum Gasteiger partial charge on any atom is 0.151 e. The van der Waals surface area contributed by atoms with Crippen LogP contribution in [-0.4, -0.2) is 19.7 Å². The minimum Gasteiger partial charge on any atom is -0.397 e. The summed E-state index contributed by atoms with van der Waals surface area (Å²) in [6.45, 7) is 2.57. The third-order valence-electron chi connectivity index (χ3n) is 2.91. The molecule has 0 spiro atoms. The van der Waals surface area contributed by atoms with Gasteiger partial charge in [0.05, 0.1) is 33.1 Å². The van der Waals surface area contributed by atoms with Gasteiger partial charge in [-0.05, 0) is 19.1 Å². The second-order valence-corrected chi connectivity index (χ2v) is 5.59. The first-order chi connectivity index (χ1) is 9.13. The number of hydrogen-bond donors (Lipinski definition) is 2. The SMILES string of the molecule is Cc1nc2cc(NCc3nncn3C)c(N)cc2s1. The Labute approximate surface area is 114 Å². The molecule has 0 fully saturated rings. The van der Waals surface area contributed by atoms with Gasteiger partial charge in [-0.15, -0.1) is 21.5 Å². The minimum atomic E-state index is 0.579. The number of anilines is 2. The van der Waals surface area contributed by atoms with Crippen LogP contribution < -0.4 is 11.1 Å². The number of nitrogens with one attached hydrogen (secondary N) is 1. The zero-order valence-electron chi connectivity index (χ0n) is 10.7. The van der Waals surface area contributed by atoms with Gasteiger partial charge in [0.1, 0.15) is 6.33 Å². The zero-order chi connectivity index (χ0) is 13.4. The third kappa shape index (κ3) is 2.24. The van der Waals surface area contributed by atoms with Gasteiger partial charge in [-0.1, -0.05) is 0 Å². The van der Waals surface area contributed by atoms with Crippen LogP contribution in [0.1, 0.15) is 10.8 Å². The van der Waals surface area contributed by atoms with E-state index in [9.17, 15) is 0 Å². The highest BCUT2D eigenvalue weighted by Gasteiger charge is 2.07. The molecule has 6 nitrogen and oxygen atoms in total. The number of nitrogens with zero attached hydrogens (tertiary/aromatic N) is 4. The monoisotopic (exact) mass is 274 g/mol. The van der Waals surface area contributed by atoms with Crippen LogP contribution in [0.4, 0.5) is 11.4 Å². The van der Waals surface area contributed by atoms with Crippen molar-refractivity contribution in [2.45, 2.75) is 13.5 Å². The summed E-state index contributed by atoms with van der Waals surface area (Å²) in [4.78, 5) is 4.47. The minimum absolute atomic E-state index is 0.579. The molecule has 1 aromatic carbocycles. The first-order valence-electron chi connectivity index (χ1n) is 5.87. The molecule has 0 radical (unpaired) electrons. The fraction of sp³-hybridized carbons (Fsp3) is 0.250. The van der Waals surface area contributed by atoms with Gasteiger partial charge in [-0.2, -0.15) is 0 Å². The van der Waals surface area contributed by atoms with Crippen LogP contribution in [0.2, 0.25) is 0 Å². The van der Waals surface area contributed by atoms with Crippen LogP contribution in [0.3, 0.4) is 0 Å². The number of benzene rings is 1. The smallest absolute Gasteiger partial charge is 0.151 e. The molecule has 0 aliphatic heterocycles. The Morgan fingerprint density at radius 3 is 3.00 bits per heavy atom. The Kier molecular flexibility index (Phi) is 2.83. The summed E-state index contributed by atoms with van der Waals surface area (Å²) in [6, 6.07) is 3.93. The molecule has 0 aliphatic carbocycles. The van der Waals surface area contributed by atoms with E-state index in [1.807, 2.05) is 30.7 Å². The van der Waals surface area contributed by atoms with Gasteiger partial charge in [-0.3, -0.25) is 0 Å². The van der Waals surface area contributed by atoms with Crippen LogP contribution in [0, 0.1) is 6.92 Å². The second-order valence-electron chi connectivity index (χ2n) is 4.35. The van der Waals surface area contributed by atoms with E-state index in [0.717, 1.165) is 32.4 Å². The average Bonchev–Trinajstić information content (AvgIpc) is 2.91. The number of nitrogen functional groups attached to an aromatic ring is 1. The van der Waals surface area contributed by atoms with Crippen LogP contribution in [0.5, 0.6) is 0 Å². The maximum absolute atomic E-state index is 6.05. The Morgan fingerprint density at radius 2 is 2.26 bits per heavy atom. The van der Waals surface area contributed by atoms with Gasteiger partial charge in [0, 0.05) is 7.05 Å². The molecule has 19 heavy (non-hydrogen) atoms. The quantitative estimate of drug-likeness (QED) is 0.713. The molecule has 7 heteroatoms. The molecule has 0 saturated carbocycles. The normalized spacial score (nSPS) is 11.1. The van der Waals surface area contributed by atoms with Crippen molar-refractivity contribution < 1.29 is 0 Å². The van der Waals surface area contributed by atoms with E-state index in [1.54, 1.807) is 17.7 Å². The summed E-state index contributed by atoms with van der Waals surface area (Å²) in [6.07, 6.45) is 1.67. The van der Waals surface area contributed by atoms with Gasteiger partial charge >= 0.3 is 0 Å². The molecule has 0 saturated heterocycles. The molecular weight excluding hydrogens is 260 g/mol. The predicted molar refractivity (Wildman–Crippen MR) is 77.1 cm³/mol. The molecule has 98 valence electrons. The van der Waals surface area contributed by atoms with Gasteiger partial charge in [0.2, 0.25) is 0 Å². The highest BCUT2D eigenvalue weighted by atomic mass is 32.1. The molecular formula is C12H14N6S. The van der Waals surface area contributed by atoms with Gasteiger partial charge in [-0.25, -0.2) is 4.98 Å². The first-order valence-corrected chi connectivity index (χ1v) is 6.68. The fourth-order valence-corrected chi connectivity index (χ4v) is 2.76. The predicted octanol–water partition coefficient (Wildman–Crippen LogP) is 1.93. The van der Waals surface area contributed by atoms with Crippen LogP contribution in [0.15, 0.2) is 18.5 Å². The number of hydrogen-bond acceptors (Lipinski definition) is 6. The molecule has 0 amide bonds. The van der Waals surface area contributed by atoms with Crippen LogP contribution in [-0.2, 0) is 13.6 Å². The summed E-state index contributed by atoms with van der Waals surface area (Å²) < 4.78 is 2.98. The molecule has 3 N–H and O–H groups in total. The number of rotatable bonds is 3. The Bertz CT molecular complexity index is 729. The van der Waals surface area contributed by atoms with Crippen molar-refractivity contribution in [1.29, 1.82) is 0 Å². The lowest BCUT2D eigenvalue weighted by molar-refractivity contribution is 0.812. The van der Waals surface area contributed by atoms with Crippen molar-refractivity contribution >= 4 is 32.9 Å². The Balaban J connectivity index is 1.88. The Hall–Kier alpha value is -2.15. The van der Waals surface area contributed by atoms with Crippen LogP contribution >= 0.6 is 11.3 Å². The highest BCUT2D eigenvalue weighted by molar-refractivity contribution is 7.18. The second kappa shape index (κ2) is 4.51. The third-order valence-corrected chi connectivity index (χ3v) is 3.84. The number of nitrogens with two attached hydrogens (primary N) is 1. The van der Waals surface area contributed by atoms with E-state index in [-0.39, 0.29) is 0 Å². The van der Waals surface area contributed by atoms with Crippen molar-refractivity contribution in [2.24, 2.45) is 7.05 Å².